The van der Waals surface area contributed by atoms with Gasteiger partial charge in [-0.1, -0.05) is 0 Å². The molecule has 4 nitrogen and oxygen atoms in total. The number of hydrogen-bond donors (Lipinski definition) is 1. The molecule has 1 aromatic heterocycles. The molecule has 0 unspecified atom stereocenters. The first-order valence-electron chi connectivity index (χ1n) is 4.38. The minimum absolute atomic E-state index is 0.178. The lowest BCUT2D eigenvalue weighted by atomic mass is 10.1. The van der Waals surface area contributed by atoms with Crippen molar-refractivity contribution in [3.63, 3.8) is 0 Å². The van der Waals surface area contributed by atoms with Gasteiger partial charge in [0.2, 0.25) is 0 Å². The zero-order valence-corrected chi connectivity index (χ0v) is 8.10. The first-order valence-corrected chi connectivity index (χ1v) is 4.38. The molecule has 0 saturated heterocycles. The number of carboxylic acid groups (broad SMARTS) is 1. The van der Waals surface area contributed by atoms with Crippen molar-refractivity contribution in [3.8, 4) is 5.75 Å². The number of methoxy groups -OCH3 is 1. The van der Waals surface area contributed by atoms with E-state index in [-0.39, 0.29) is 5.56 Å². The third kappa shape index (κ3) is 1.50. The normalized spacial score (nSPS) is 10.2. The first kappa shape index (κ1) is 9.45. The van der Waals surface area contributed by atoms with Crippen LogP contribution >= 0.6 is 0 Å². The van der Waals surface area contributed by atoms with Crippen molar-refractivity contribution in [2.45, 2.75) is 0 Å². The van der Waals surface area contributed by atoms with Gasteiger partial charge in [-0.15, -0.1) is 0 Å². The van der Waals surface area contributed by atoms with E-state index in [1.54, 1.807) is 30.6 Å². The van der Waals surface area contributed by atoms with E-state index in [4.69, 9.17) is 9.84 Å². The van der Waals surface area contributed by atoms with Crippen LogP contribution in [0.15, 0.2) is 30.6 Å². The maximum absolute atomic E-state index is 11.1. The number of carboxylic acids is 1. The van der Waals surface area contributed by atoms with Gasteiger partial charge in [0.1, 0.15) is 11.3 Å². The van der Waals surface area contributed by atoms with E-state index in [2.05, 4.69) is 4.98 Å². The Balaban J connectivity index is 2.85. The summed E-state index contributed by atoms with van der Waals surface area (Å²) in [6.07, 6.45) is 3.19. The predicted molar refractivity (Wildman–Crippen MR) is 55.3 cm³/mol. The third-order valence-electron chi connectivity index (χ3n) is 2.22. The summed E-state index contributed by atoms with van der Waals surface area (Å²) in [5.41, 5.74) is 0.178. The second kappa shape index (κ2) is 3.57. The molecule has 0 fully saturated rings. The fourth-order valence-corrected chi connectivity index (χ4v) is 1.54. The van der Waals surface area contributed by atoms with Gasteiger partial charge in [-0.05, 0) is 18.2 Å². The highest BCUT2D eigenvalue weighted by molar-refractivity contribution is 6.05. The van der Waals surface area contributed by atoms with Crippen LogP contribution in [0.25, 0.3) is 10.8 Å². The van der Waals surface area contributed by atoms with Gasteiger partial charge in [0.25, 0.3) is 0 Å². The van der Waals surface area contributed by atoms with E-state index >= 15 is 0 Å². The molecular formula is C11H9NO3. The van der Waals surface area contributed by atoms with Gasteiger partial charge in [0, 0.05) is 23.2 Å². The Morgan fingerprint density at radius 2 is 2.20 bits per heavy atom. The highest BCUT2D eigenvalue weighted by atomic mass is 16.5. The molecule has 0 aliphatic carbocycles. The lowest BCUT2D eigenvalue weighted by Gasteiger charge is -2.07. The summed E-state index contributed by atoms with van der Waals surface area (Å²) < 4.78 is 5.01. The molecule has 15 heavy (non-hydrogen) atoms. The molecule has 0 bridgehead atoms. The summed E-state index contributed by atoms with van der Waals surface area (Å²) in [4.78, 5) is 15.0. The standard InChI is InChI=1S/C11H9NO3/c1-15-9-3-2-7-6-12-5-4-8(7)10(9)11(13)14/h2-6H,1H3,(H,13,14). The van der Waals surface area contributed by atoms with Crippen LogP contribution in [0.3, 0.4) is 0 Å². The summed E-state index contributed by atoms with van der Waals surface area (Å²) in [6.45, 7) is 0. The molecule has 1 heterocycles. The average Bonchev–Trinajstić information content (AvgIpc) is 2.27. The number of benzene rings is 1. The summed E-state index contributed by atoms with van der Waals surface area (Å²) in [6, 6.07) is 5.09. The number of pyridine rings is 1. The lowest BCUT2D eigenvalue weighted by molar-refractivity contribution is 0.0695. The van der Waals surface area contributed by atoms with Gasteiger partial charge in [-0.2, -0.15) is 0 Å². The van der Waals surface area contributed by atoms with Crippen molar-refractivity contribution in [2.24, 2.45) is 0 Å². The smallest absolute Gasteiger partial charge is 0.340 e. The Bertz CT molecular complexity index is 522. The van der Waals surface area contributed by atoms with Gasteiger partial charge in [0.05, 0.1) is 7.11 Å². The summed E-state index contributed by atoms with van der Waals surface area (Å²) in [5.74, 6) is -0.634. The molecule has 0 saturated carbocycles. The molecule has 0 radical (unpaired) electrons. The number of rotatable bonds is 2. The van der Waals surface area contributed by atoms with Crippen molar-refractivity contribution < 1.29 is 14.6 Å². The number of hydrogen-bond acceptors (Lipinski definition) is 3. The van der Waals surface area contributed by atoms with Crippen molar-refractivity contribution in [3.05, 3.63) is 36.2 Å². The topological polar surface area (TPSA) is 59.4 Å². The van der Waals surface area contributed by atoms with Gasteiger partial charge >= 0.3 is 5.97 Å². The molecule has 1 aromatic carbocycles. The molecule has 76 valence electrons. The monoisotopic (exact) mass is 203 g/mol. The molecule has 0 aliphatic heterocycles. The highest BCUT2D eigenvalue weighted by Gasteiger charge is 2.14. The summed E-state index contributed by atoms with van der Waals surface area (Å²) in [5, 5.41) is 10.5. The number of nitrogens with zero attached hydrogens (tertiary/aromatic N) is 1. The molecule has 0 amide bonds. The zero-order valence-electron chi connectivity index (χ0n) is 8.10. The van der Waals surface area contributed by atoms with E-state index < -0.39 is 5.97 Å². The van der Waals surface area contributed by atoms with Gasteiger partial charge < -0.3 is 9.84 Å². The Kier molecular flexibility index (Phi) is 2.25. The number of aromatic nitrogens is 1. The van der Waals surface area contributed by atoms with Crippen LogP contribution in [0, 0.1) is 0 Å². The quantitative estimate of drug-likeness (QED) is 0.810. The molecule has 2 rings (SSSR count). The average molecular weight is 203 g/mol. The fraction of sp³-hybridized carbons (Fsp3) is 0.0909. The van der Waals surface area contributed by atoms with Crippen LogP contribution in [0.5, 0.6) is 5.75 Å². The van der Waals surface area contributed by atoms with Gasteiger partial charge in [-0.25, -0.2) is 4.79 Å². The maximum Gasteiger partial charge on any atom is 0.340 e. The molecule has 0 atom stereocenters. The molecular weight excluding hydrogens is 194 g/mol. The van der Waals surface area contributed by atoms with Crippen molar-refractivity contribution in [1.82, 2.24) is 4.98 Å². The van der Waals surface area contributed by atoms with Crippen LogP contribution in [-0.4, -0.2) is 23.2 Å². The van der Waals surface area contributed by atoms with Gasteiger partial charge in [0.15, 0.2) is 0 Å². The number of aromatic carboxylic acids is 1. The Morgan fingerprint density at radius 1 is 1.40 bits per heavy atom. The van der Waals surface area contributed by atoms with E-state index in [9.17, 15) is 4.79 Å². The van der Waals surface area contributed by atoms with Crippen LogP contribution in [-0.2, 0) is 0 Å². The van der Waals surface area contributed by atoms with E-state index in [1.807, 2.05) is 0 Å². The second-order valence-electron chi connectivity index (χ2n) is 3.04. The molecule has 2 aromatic rings. The number of fused-ring (bicyclic) bond motifs is 1. The number of ether oxygens (including phenoxy) is 1. The zero-order chi connectivity index (χ0) is 10.8. The van der Waals surface area contributed by atoms with Crippen LogP contribution in [0.4, 0.5) is 0 Å². The summed E-state index contributed by atoms with van der Waals surface area (Å²) >= 11 is 0. The Morgan fingerprint density at radius 3 is 2.87 bits per heavy atom. The van der Waals surface area contributed by atoms with E-state index in [0.717, 1.165) is 5.39 Å². The van der Waals surface area contributed by atoms with Gasteiger partial charge in [-0.3, -0.25) is 4.98 Å². The highest BCUT2D eigenvalue weighted by Crippen LogP contribution is 2.27. The maximum atomic E-state index is 11.1. The Labute approximate surface area is 86.1 Å². The van der Waals surface area contributed by atoms with Crippen molar-refractivity contribution in [2.75, 3.05) is 7.11 Å². The minimum Gasteiger partial charge on any atom is -0.496 e. The summed E-state index contributed by atoms with van der Waals surface area (Å²) in [7, 11) is 1.45. The van der Waals surface area contributed by atoms with Crippen LogP contribution in [0.2, 0.25) is 0 Å². The van der Waals surface area contributed by atoms with Crippen molar-refractivity contribution >= 4 is 16.7 Å². The molecule has 4 heteroatoms. The van der Waals surface area contributed by atoms with Crippen LogP contribution in [0.1, 0.15) is 10.4 Å². The largest absolute Gasteiger partial charge is 0.496 e. The predicted octanol–water partition coefficient (Wildman–Crippen LogP) is 1.94. The SMILES string of the molecule is COc1ccc2cnccc2c1C(=O)O. The fourth-order valence-electron chi connectivity index (χ4n) is 1.54. The lowest BCUT2D eigenvalue weighted by Crippen LogP contribution is -2.01. The van der Waals surface area contributed by atoms with E-state index in [0.29, 0.717) is 11.1 Å². The molecule has 0 aliphatic rings. The third-order valence-corrected chi connectivity index (χ3v) is 2.22. The minimum atomic E-state index is -0.997. The second-order valence-corrected chi connectivity index (χ2v) is 3.04. The van der Waals surface area contributed by atoms with Crippen LogP contribution < -0.4 is 4.74 Å². The van der Waals surface area contributed by atoms with E-state index in [1.165, 1.54) is 7.11 Å². The van der Waals surface area contributed by atoms with Crippen molar-refractivity contribution in [1.29, 1.82) is 0 Å². The Hall–Kier alpha value is -2.10. The molecule has 0 spiro atoms. The molecule has 1 N–H and O–H groups in total. The first-order chi connectivity index (χ1) is 7.24. The number of carbonyl (C=O) groups is 1.